The van der Waals surface area contributed by atoms with Crippen LogP contribution in [-0.4, -0.2) is 23.3 Å². The van der Waals surface area contributed by atoms with E-state index in [1.54, 1.807) is 4.98 Å². The third-order valence-electron chi connectivity index (χ3n) is 2.60. The minimum atomic E-state index is -4.37. The fourth-order valence-corrected chi connectivity index (χ4v) is 2.84. The molecule has 0 unspecified atom stereocenters. The molecule has 2 aromatic rings. The summed E-state index contributed by atoms with van der Waals surface area (Å²) in [5, 5.41) is 2.44. The first-order valence-electron chi connectivity index (χ1n) is 5.86. The molecule has 116 valence electrons. The Morgan fingerprint density at radius 3 is 2.36 bits per heavy atom. The predicted octanol–water partition coefficient (Wildman–Crippen LogP) is -0.129. The van der Waals surface area contributed by atoms with Crippen LogP contribution in [0, 0.1) is 5.82 Å². The van der Waals surface area contributed by atoms with Crippen molar-refractivity contribution in [1.82, 2.24) is 8.96 Å². The summed E-state index contributed by atoms with van der Waals surface area (Å²) in [6.45, 7) is 1.29. The van der Waals surface area contributed by atoms with Crippen LogP contribution in [0.4, 0.5) is 10.1 Å². The molecule has 0 radical (unpaired) electrons. The highest BCUT2D eigenvalue weighted by molar-refractivity contribution is 7.90. The van der Waals surface area contributed by atoms with Gasteiger partial charge in [-0.2, -0.15) is 8.36 Å². The van der Waals surface area contributed by atoms with Crippen molar-refractivity contribution in [3.8, 4) is 0 Å². The molecule has 0 bridgehead atoms. The van der Waals surface area contributed by atoms with Crippen LogP contribution in [0.2, 0.25) is 0 Å². The Bertz CT molecular complexity index is 944. The largest absolute Gasteiger partial charge is 0.342 e. The highest BCUT2D eigenvalue weighted by Crippen LogP contribution is 2.15. The number of benzene rings is 1. The van der Waals surface area contributed by atoms with Gasteiger partial charge in [-0.15, -0.1) is 0 Å². The normalized spacial score (nSPS) is 11.2. The van der Waals surface area contributed by atoms with Gasteiger partial charge in [-0.3, -0.25) is 14.6 Å². The lowest BCUT2D eigenvalue weighted by molar-refractivity contribution is -0.114. The number of hydrogen-bond donors (Lipinski definition) is 2. The van der Waals surface area contributed by atoms with Gasteiger partial charge in [0, 0.05) is 12.6 Å². The lowest BCUT2D eigenvalue weighted by Gasteiger charge is -2.08. The van der Waals surface area contributed by atoms with E-state index in [4.69, 9.17) is 0 Å². The van der Waals surface area contributed by atoms with Gasteiger partial charge in [-0.25, -0.2) is 13.2 Å². The molecule has 1 heterocycles. The monoisotopic (exact) mass is 327 g/mol. The number of rotatable bonds is 3. The molecule has 0 atom stereocenters. The van der Waals surface area contributed by atoms with Crippen LogP contribution in [0.15, 0.2) is 44.9 Å². The quantitative estimate of drug-likeness (QED) is 0.814. The zero-order valence-corrected chi connectivity index (χ0v) is 12.0. The van der Waals surface area contributed by atoms with E-state index in [-0.39, 0.29) is 14.8 Å². The maximum absolute atomic E-state index is 13.2. The molecule has 10 heteroatoms. The van der Waals surface area contributed by atoms with Crippen LogP contribution in [0.3, 0.4) is 0 Å². The first-order valence-corrected chi connectivity index (χ1v) is 7.30. The van der Waals surface area contributed by atoms with E-state index in [1.807, 2.05) is 0 Å². The van der Waals surface area contributed by atoms with Crippen LogP contribution in [0.25, 0.3) is 0 Å². The molecule has 1 amide bonds. The van der Waals surface area contributed by atoms with Crippen molar-refractivity contribution in [3.05, 3.63) is 57.1 Å². The van der Waals surface area contributed by atoms with Gasteiger partial charge >= 0.3 is 5.69 Å². The minimum absolute atomic E-state index is 0.0944. The van der Waals surface area contributed by atoms with Crippen LogP contribution in [0.1, 0.15) is 6.92 Å². The van der Waals surface area contributed by atoms with E-state index in [9.17, 15) is 27.2 Å². The zero-order chi connectivity index (χ0) is 16.5. The summed E-state index contributed by atoms with van der Waals surface area (Å²) >= 11 is 0. The SMILES string of the molecule is CC(=O)Nc1ccc(S(=O)(=O)n2cc(F)c(=O)[nH]c2=O)cc1. The van der Waals surface area contributed by atoms with Crippen molar-refractivity contribution in [3.63, 3.8) is 0 Å². The van der Waals surface area contributed by atoms with Gasteiger partial charge in [0.25, 0.3) is 15.6 Å². The van der Waals surface area contributed by atoms with Crippen molar-refractivity contribution in [2.75, 3.05) is 5.32 Å². The van der Waals surface area contributed by atoms with Gasteiger partial charge in [0.1, 0.15) is 0 Å². The van der Waals surface area contributed by atoms with E-state index >= 15 is 0 Å². The number of amides is 1. The number of H-pyrrole nitrogens is 1. The van der Waals surface area contributed by atoms with E-state index in [2.05, 4.69) is 5.32 Å². The van der Waals surface area contributed by atoms with Gasteiger partial charge in [0.05, 0.1) is 11.1 Å². The topological polar surface area (TPSA) is 118 Å². The fourth-order valence-electron chi connectivity index (χ4n) is 1.64. The van der Waals surface area contributed by atoms with E-state index in [1.165, 1.54) is 19.1 Å². The predicted molar refractivity (Wildman–Crippen MR) is 74.6 cm³/mol. The summed E-state index contributed by atoms with van der Waals surface area (Å²) in [5.41, 5.74) is -2.23. The summed E-state index contributed by atoms with van der Waals surface area (Å²) in [7, 11) is -4.37. The summed E-state index contributed by atoms with van der Waals surface area (Å²) in [5.74, 6) is -1.74. The Morgan fingerprint density at radius 2 is 1.82 bits per heavy atom. The molecular formula is C12H10FN3O5S. The molecule has 0 fully saturated rings. The van der Waals surface area contributed by atoms with Gasteiger partial charge in [-0.05, 0) is 24.3 Å². The maximum Gasteiger partial charge on any atom is 0.342 e. The number of nitrogens with one attached hydrogen (secondary N) is 2. The lowest BCUT2D eigenvalue weighted by Crippen LogP contribution is -2.35. The second-order valence-electron chi connectivity index (χ2n) is 4.24. The third-order valence-corrected chi connectivity index (χ3v) is 4.26. The standard InChI is InChI=1S/C12H10FN3O5S/c1-7(17)14-8-2-4-9(5-3-8)22(20,21)16-6-10(13)11(18)15-12(16)19/h2-6H,1H3,(H,14,17)(H,15,18,19). The molecular weight excluding hydrogens is 317 g/mol. The van der Waals surface area contributed by atoms with Gasteiger partial charge in [0.15, 0.2) is 0 Å². The molecule has 1 aromatic heterocycles. The number of carbonyl (C=O) groups excluding carboxylic acids is 1. The second-order valence-corrected chi connectivity index (χ2v) is 6.06. The average molecular weight is 327 g/mol. The van der Waals surface area contributed by atoms with Crippen LogP contribution < -0.4 is 16.6 Å². The molecule has 0 aliphatic rings. The van der Waals surface area contributed by atoms with Crippen molar-refractivity contribution >= 4 is 21.6 Å². The molecule has 0 saturated heterocycles. The Hall–Kier alpha value is -2.75. The van der Waals surface area contributed by atoms with Gasteiger partial charge in [-0.1, -0.05) is 0 Å². The highest BCUT2D eigenvalue weighted by atomic mass is 32.2. The van der Waals surface area contributed by atoms with E-state index in [0.717, 1.165) is 12.1 Å². The van der Waals surface area contributed by atoms with E-state index < -0.39 is 27.1 Å². The van der Waals surface area contributed by atoms with Crippen molar-refractivity contribution in [1.29, 1.82) is 0 Å². The Kier molecular flexibility index (Phi) is 3.95. The van der Waals surface area contributed by atoms with Gasteiger partial charge in [0.2, 0.25) is 11.7 Å². The Morgan fingerprint density at radius 1 is 1.23 bits per heavy atom. The average Bonchev–Trinajstić information content (AvgIpc) is 2.42. The zero-order valence-electron chi connectivity index (χ0n) is 11.2. The number of nitrogens with zero attached hydrogens (tertiary/aromatic N) is 1. The van der Waals surface area contributed by atoms with Crippen LogP contribution in [0.5, 0.6) is 0 Å². The fraction of sp³-hybridized carbons (Fsp3) is 0.0833. The number of halogens is 1. The smallest absolute Gasteiger partial charge is 0.326 e. The number of aromatic nitrogens is 2. The summed E-state index contributed by atoms with van der Waals surface area (Å²) < 4.78 is 37.8. The molecule has 22 heavy (non-hydrogen) atoms. The number of anilines is 1. The van der Waals surface area contributed by atoms with Crippen molar-refractivity contribution < 1.29 is 17.6 Å². The number of aromatic amines is 1. The molecule has 0 aliphatic carbocycles. The molecule has 1 aromatic carbocycles. The lowest BCUT2D eigenvalue weighted by atomic mass is 10.3. The van der Waals surface area contributed by atoms with Crippen molar-refractivity contribution in [2.45, 2.75) is 11.8 Å². The first-order chi connectivity index (χ1) is 10.2. The molecule has 0 spiro atoms. The highest BCUT2D eigenvalue weighted by Gasteiger charge is 2.20. The minimum Gasteiger partial charge on any atom is -0.326 e. The molecule has 8 nitrogen and oxygen atoms in total. The maximum atomic E-state index is 13.2. The first kappa shape index (κ1) is 15.6. The molecule has 2 rings (SSSR count). The number of carbonyl (C=O) groups is 1. The van der Waals surface area contributed by atoms with Crippen LogP contribution >= 0.6 is 0 Å². The summed E-state index contributed by atoms with van der Waals surface area (Å²) in [4.78, 5) is 34.6. The van der Waals surface area contributed by atoms with Crippen molar-refractivity contribution in [2.24, 2.45) is 0 Å². The Balaban J connectivity index is 2.51. The van der Waals surface area contributed by atoms with E-state index in [0.29, 0.717) is 11.9 Å². The second kappa shape index (κ2) is 5.56. The molecule has 0 aliphatic heterocycles. The third kappa shape index (κ3) is 2.96. The summed E-state index contributed by atoms with van der Waals surface area (Å²) in [6, 6.07) is 4.88. The Labute approximate surface area is 123 Å². The molecule has 2 N–H and O–H groups in total. The molecule has 0 saturated carbocycles. The number of hydrogen-bond acceptors (Lipinski definition) is 5. The van der Waals surface area contributed by atoms with Crippen LogP contribution in [-0.2, 0) is 14.8 Å². The summed E-state index contributed by atoms with van der Waals surface area (Å²) in [6.07, 6.45) is 0.304. The van der Waals surface area contributed by atoms with Gasteiger partial charge < -0.3 is 5.32 Å².